The maximum atomic E-state index is 11.3. The van der Waals surface area contributed by atoms with Crippen molar-refractivity contribution in [2.75, 3.05) is 0 Å². The van der Waals surface area contributed by atoms with E-state index in [1.807, 2.05) is 72.4 Å². The lowest BCUT2D eigenvalue weighted by Gasteiger charge is -2.23. The van der Waals surface area contributed by atoms with Crippen LogP contribution < -0.4 is 10.4 Å². The van der Waals surface area contributed by atoms with Gasteiger partial charge >= 0.3 is 0 Å². The summed E-state index contributed by atoms with van der Waals surface area (Å²) >= 11 is 0. The molecule has 0 spiro atoms. The Bertz CT molecular complexity index is 546. The first-order chi connectivity index (χ1) is 9.92. The minimum atomic E-state index is -2.89. The van der Waals surface area contributed by atoms with Gasteiger partial charge in [0.1, 0.15) is 0 Å². The summed E-state index contributed by atoms with van der Waals surface area (Å²) in [6.07, 6.45) is 2.41. The molecule has 0 atom stereocenters. The van der Waals surface area contributed by atoms with E-state index in [0.29, 0.717) is 6.42 Å². The lowest BCUT2D eigenvalue weighted by molar-refractivity contribution is 0.0839. The highest BCUT2D eigenvalue weighted by Crippen LogP contribution is 2.10. The minimum absolute atomic E-state index is 0.516. The molecule has 0 unspecified atom stereocenters. The van der Waals surface area contributed by atoms with Gasteiger partial charge in [0.2, 0.25) is 0 Å². The molecule has 3 heteroatoms. The Hall–Kier alpha value is -1.68. The van der Waals surface area contributed by atoms with E-state index in [1.165, 1.54) is 0 Å². The number of aliphatic hydroxyl groups is 1. The van der Waals surface area contributed by atoms with Crippen LogP contribution in [-0.4, -0.2) is 23.8 Å². The molecule has 0 saturated carbocycles. The van der Waals surface area contributed by atoms with Crippen LogP contribution in [0.15, 0.2) is 72.4 Å². The van der Waals surface area contributed by atoms with E-state index in [-0.39, 0.29) is 0 Å². The summed E-state index contributed by atoms with van der Waals surface area (Å²) in [7, 11) is -2.89. The second-order valence-electron chi connectivity index (χ2n) is 5.92. The number of hydrogen-bond donors (Lipinski definition) is 2. The minimum Gasteiger partial charge on any atom is -0.421 e. The molecule has 2 rings (SSSR count). The maximum Gasteiger partial charge on any atom is 0.277 e. The third-order valence-corrected chi connectivity index (χ3v) is 6.55. The van der Waals surface area contributed by atoms with Crippen molar-refractivity contribution in [1.29, 1.82) is 0 Å². The van der Waals surface area contributed by atoms with Gasteiger partial charge in [-0.25, -0.2) is 0 Å². The van der Waals surface area contributed by atoms with Crippen molar-refractivity contribution in [1.82, 2.24) is 0 Å². The molecular weight excluding hydrogens is 276 g/mol. The molecule has 0 aliphatic carbocycles. The molecular formula is C18H22O2Si. The summed E-state index contributed by atoms with van der Waals surface area (Å²) in [5.41, 5.74) is 1.13. The fourth-order valence-electron chi connectivity index (χ4n) is 2.26. The summed E-state index contributed by atoms with van der Waals surface area (Å²) in [6.45, 7) is 3.53. The zero-order valence-electron chi connectivity index (χ0n) is 12.5. The molecule has 0 aromatic heterocycles. The Morgan fingerprint density at radius 2 is 1.33 bits per heavy atom. The average Bonchev–Trinajstić information content (AvgIpc) is 2.47. The van der Waals surface area contributed by atoms with Crippen LogP contribution in [0.25, 0.3) is 0 Å². The SMILES string of the molecule is CC(C)(O)C/C=C/[Si](O)(c1ccccc1)c1ccccc1. The first-order valence-electron chi connectivity index (χ1n) is 7.15. The Kier molecular flexibility index (Phi) is 4.78. The van der Waals surface area contributed by atoms with Crippen molar-refractivity contribution in [3.05, 3.63) is 72.4 Å². The van der Waals surface area contributed by atoms with Gasteiger partial charge < -0.3 is 9.90 Å². The van der Waals surface area contributed by atoms with E-state index in [0.717, 1.165) is 10.4 Å². The molecule has 2 aromatic rings. The zero-order chi connectivity index (χ0) is 15.3. The van der Waals surface area contributed by atoms with Gasteiger partial charge in [0, 0.05) is 0 Å². The van der Waals surface area contributed by atoms with E-state index in [4.69, 9.17) is 0 Å². The highest BCUT2D eigenvalue weighted by molar-refractivity contribution is 7.00. The van der Waals surface area contributed by atoms with Crippen LogP contribution in [0.2, 0.25) is 0 Å². The molecule has 0 amide bonds. The summed E-state index contributed by atoms with van der Waals surface area (Å²) in [4.78, 5) is 11.3. The van der Waals surface area contributed by atoms with Gasteiger partial charge in [-0.15, -0.1) is 0 Å². The van der Waals surface area contributed by atoms with Crippen molar-refractivity contribution in [3.63, 3.8) is 0 Å². The number of benzene rings is 2. The Morgan fingerprint density at radius 1 is 0.905 bits per heavy atom. The van der Waals surface area contributed by atoms with E-state index >= 15 is 0 Å². The van der Waals surface area contributed by atoms with Crippen molar-refractivity contribution in [3.8, 4) is 0 Å². The third-order valence-electron chi connectivity index (χ3n) is 3.40. The fraction of sp³-hybridized carbons (Fsp3) is 0.222. The first kappa shape index (κ1) is 15.7. The van der Waals surface area contributed by atoms with Gasteiger partial charge in [0.25, 0.3) is 8.32 Å². The lowest BCUT2D eigenvalue weighted by Crippen LogP contribution is -2.57. The second-order valence-corrected chi connectivity index (χ2v) is 8.94. The summed E-state index contributed by atoms with van der Waals surface area (Å²) in [6, 6.07) is 19.5. The van der Waals surface area contributed by atoms with Gasteiger partial charge in [-0.3, -0.25) is 0 Å². The molecule has 0 aliphatic heterocycles. The van der Waals surface area contributed by atoms with Gasteiger partial charge in [-0.1, -0.05) is 72.4 Å². The average molecular weight is 298 g/mol. The molecule has 2 N–H and O–H groups in total. The summed E-state index contributed by atoms with van der Waals surface area (Å²) in [5.74, 6) is 0. The molecule has 0 aliphatic rings. The van der Waals surface area contributed by atoms with Crippen molar-refractivity contribution in [2.24, 2.45) is 0 Å². The predicted molar refractivity (Wildman–Crippen MR) is 90.2 cm³/mol. The maximum absolute atomic E-state index is 11.3. The fourth-order valence-corrected chi connectivity index (χ4v) is 4.84. The Morgan fingerprint density at radius 3 is 1.71 bits per heavy atom. The monoisotopic (exact) mass is 298 g/mol. The lowest BCUT2D eigenvalue weighted by atomic mass is 10.1. The quantitative estimate of drug-likeness (QED) is 0.829. The zero-order valence-corrected chi connectivity index (χ0v) is 13.5. The Balaban J connectivity index is 2.41. The van der Waals surface area contributed by atoms with Crippen LogP contribution in [0.5, 0.6) is 0 Å². The summed E-state index contributed by atoms with van der Waals surface area (Å²) < 4.78 is 0. The smallest absolute Gasteiger partial charge is 0.277 e. The normalized spacial score (nSPS) is 12.8. The highest BCUT2D eigenvalue weighted by atomic mass is 28.4. The van der Waals surface area contributed by atoms with Crippen LogP contribution in [0.1, 0.15) is 20.3 Å². The molecule has 0 bridgehead atoms. The van der Waals surface area contributed by atoms with Gasteiger partial charge in [-0.05, 0) is 30.6 Å². The topological polar surface area (TPSA) is 40.5 Å². The molecule has 21 heavy (non-hydrogen) atoms. The van der Waals surface area contributed by atoms with Crippen LogP contribution in [0, 0.1) is 0 Å². The molecule has 2 aromatic carbocycles. The number of rotatable bonds is 5. The van der Waals surface area contributed by atoms with E-state index in [1.54, 1.807) is 13.8 Å². The van der Waals surface area contributed by atoms with Crippen LogP contribution in [-0.2, 0) is 0 Å². The highest BCUT2D eigenvalue weighted by Gasteiger charge is 2.32. The van der Waals surface area contributed by atoms with E-state index < -0.39 is 13.9 Å². The van der Waals surface area contributed by atoms with Gasteiger partial charge in [0.05, 0.1) is 5.60 Å². The van der Waals surface area contributed by atoms with E-state index in [9.17, 15) is 9.90 Å². The van der Waals surface area contributed by atoms with Crippen molar-refractivity contribution >= 4 is 18.7 Å². The standard InChI is InChI=1S/C18H22O2Si/c1-18(2,19)14-9-15-21(20,16-10-5-3-6-11-16)17-12-7-4-8-13-17/h3-13,15,19-20H,14H2,1-2H3/b15-9+. The molecule has 0 heterocycles. The molecule has 0 fully saturated rings. The third kappa shape index (κ3) is 4.14. The molecule has 110 valence electrons. The molecule has 0 saturated heterocycles. The largest absolute Gasteiger partial charge is 0.421 e. The van der Waals surface area contributed by atoms with Crippen LogP contribution in [0.3, 0.4) is 0 Å². The first-order valence-corrected chi connectivity index (χ1v) is 9.18. The molecule has 2 nitrogen and oxygen atoms in total. The second kappa shape index (κ2) is 6.39. The van der Waals surface area contributed by atoms with Crippen molar-refractivity contribution in [2.45, 2.75) is 25.9 Å². The molecule has 0 radical (unpaired) electrons. The Labute approximate surface area is 127 Å². The number of hydrogen-bond acceptors (Lipinski definition) is 2. The predicted octanol–water partition coefficient (Wildman–Crippen LogP) is 1.99. The van der Waals surface area contributed by atoms with Gasteiger partial charge in [0.15, 0.2) is 0 Å². The summed E-state index contributed by atoms with van der Waals surface area (Å²) in [5, 5.41) is 11.7. The van der Waals surface area contributed by atoms with Crippen molar-refractivity contribution < 1.29 is 9.90 Å². The van der Waals surface area contributed by atoms with Gasteiger partial charge in [-0.2, -0.15) is 0 Å². The van der Waals surface area contributed by atoms with Crippen LogP contribution in [0.4, 0.5) is 0 Å². The van der Waals surface area contributed by atoms with E-state index in [2.05, 4.69) is 0 Å². The van der Waals surface area contributed by atoms with Crippen LogP contribution >= 0.6 is 0 Å².